The lowest BCUT2D eigenvalue weighted by molar-refractivity contribution is 1.36. The second-order valence-electron chi connectivity index (χ2n) is 5.15. The number of hydrogen-bond donors (Lipinski definition) is 0. The molecule has 100 valence electrons. The molecule has 1 heteroatoms. The molecule has 2 heterocycles. The van der Waals surface area contributed by atoms with Gasteiger partial charge >= 0.3 is 0 Å². The van der Waals surface area contributed by atoms with Crippen LogP contribution in [0.25, 0.3) is 39.5 Å². The number of allylic oxidation sites excluding steroid dienone is 1. The Morgan fingerprint density at radius 1 is 0.810 bits per heavy atom. The van der Waals surface area contributed by atoms with Crippen LogP contribution in [0.15, 0.2) is 67.8 Å². The summed E-state index contributed by atoms with van der Waals surface area (Å²) in [4.78, 5) is 0. The third-order valence-corrected chi connectivity index (χ3v) is 4.09. The quantitative estimate of drug-likeness (QED) is 0.502. The van der Waals surface area contributed by atoms with Gasteiger partial charge in [-0.2, -0.15) is 0 Å². The van der Waals surface area contributed by atoms with Crippen LogP contribution in [-0.2, 0) is 0 Å². The summed E-state index contributed by atoms with van der Waals surface area (Å²) in [6.45, 7) is 7.89. The fraction of sp³-hybridized carbons (Fsp3) is 0. The van der Waals surface area contributed by atoms with Gasteiger partial charge in [-0.15, -0.1) is 0 Å². The molecule has 0 amide bonds. The second kappa shape index (κ2) is 4.35. The van der Waals surface area contributed by atoms with E-state index in [0.29, 0.717) is 0 Å². The lowest BCUT2D eigenvalue weighted by Crippen LogP contribution is -1.98. The highest BCUT2D eigenvalue weighted by Gasteiger charge is 2.15. The van der Waals surface area contributed by atoms with Gasteiger partial charge < -0.3 is 4.40 Å². The molecule has 2 aromatic carbocycles. The van der Waals surface area contributed by atoms with Crippen LogP contribution in [0, 0.1) is 0 Å². The van der Waals surface area contributed by atoms with E-state index in [0.717, 1.165) is 0 Å². The third kappa shape index (κ3) is 1.46. The highest BCUT2D eigenvalue weighted by molar-refractivity contribution is 6.05. The molecular formula is C20H15N. The number of nitrogens with zero attached hydrogens (tertiary/aromatic N) is 1. The molecule has 0 aliphatic rings. The molecule has 0 fully saturated rings. The van der Waals surface area contributed by atoms with Crippen molar-refractivity contribution in [2.45, 2.75) is 0 Å². The van der Waals surface area contributed by atoms with E-state index in [2.05, 4.69) is 72.2 Å². The fourth-order valence-corrected chi connectivity index (χ4v) is 3.30. The van der Waals surface area contributed by atoms with Crippen molar-refractivity contribution in [2.24, 2.45) is 0 Å². The van der Waals surface area contributed by atoms with Crippen LogP contribution in [0.4, 0.5) is 0 Å². The molecule has 0 saturated carbocycles. The third-order valence-electron chi connectivity index (χ3n) is 4.09. The second-order valence-corrected chi connectivity index (χ2v) is 5.15. The highest BCUT2D eigenvalue weighted by Crippen LogP contribution is 2.30. The van der Waals surface area contributed by atoms with Crippen LogP contribution < -0.4 is 5.22 Å². The van der Waals surface area contributed by atoms with E-state index in [9.17, 15) is 0 Å². The molecule has 4 aromatic rings. The van der Waals surface area contributed by atoms with Gasteiger partial charge in [0, 0.05) is 21.6 Å². The summed E-state index contributed by atoms with van der Waals surface area (Å²) in [5.74, 6) is 0. The Bertz CT molecular complexity index is 1060. The van der Waals surface area contributed by atoms with Crippen molar-refractivity contribution >= 4 is 39.5 Å². The van der Waals surface area contributed by atoms with E-state index in [1.54, 1.807) is 0 Å². The molecule has 0 spiro atoms. The number of benzene rings is 2. The molecule has 2 aromatic heterocycles. The lowest BCUT2D eigenvalue weighted by Gasteiger charge is -1.95. The van der Waals surface area contributed by atoms with Gasteiger partial charge in [-0.05, 0) is 12.1 Å². The average Bonchev–Trinajstić information content (AvgIpc) is 3.02. The molecule has 4 rings (SSSR count). The fourth-order valence-electron chi connectivity index (χ4n) is 3.30. The SMILES string of the molecule is C=C/C=c1/c2ccccc2n2c1c(C=C)c1ccccc12. The minimum atomic E-state index is 1.19. The first-order chi connectivity index (χ1) is 10.4. The molecule has 0 radical (unpaired) electrons. The minimum Gasteiger partial charge on any atom is -0.308 e. The summed E-state index contributed by atoms with van der Waals surface area (Å²) in [5, 5.41) is 3.71. The molecule has 0 bridgehead atoms. The van der Waals surface area contributed by atoms with E-state index in [1.807, 2.05) is 12.2 Å². The first-order valence-corrected chi connectivity index (χ1v) is 7.05. The number of rotatable bonds is 2. The summed E-state index contributed by atoms with van der Waals surface area (Å²) < 4.78 is 2.33. The summed E-state index contributed by atoms with van der Waals surface area (Å²) in [5.41, 5.74) is 4.86. The van der Waals surface area contributed by atoms with Crippen LogP contribution in [0.2, 0.25) is 0 Å². The number of hydrogen-bond acceptors (Lipinski definition) is 0. The first kappa shape index (κ1) is 12.0. The monoisotopic (exact) mass is 269 g/mol. The van der Waals surface area contributed by atoms with Crippen molar-refractivity contribution in [1.82, 2.24) is 4.40 Å². The maximum absolute atomic E-state index is 4.02. The predicted octanol–water partition coefficient (Wildman–Crippen LogP) is 4.57. The summed E-state index contributed by atoms with van der Waals surface area (Å²) >= 11 is 0. The molecule has 0 aliphatic carbocycles. The molecule has 21 heavy (non-hydrogen) atoms. The van der Waals surface area contributed by atoms with Crippen molar-refractivity contribution < 1.29 is 0 Å². The molecule has 0 unspecified atom stereocenters. The van der Waals surface area contributed by atoms with Gasteiger partial charge in [-0.1, -0.05) is 67.8 Å². The Labute approximate surface area is 123 Å². The standard InChI is InChI=1S/C20H15N/c1-3-9-17-16-11-6-8-13-19(16)21-18-12-7-5-10-15(18)14(4-2)20(17)21/h3-13H,1-2H2/b17-9-. The Morgan fingerprint density at radius 2 is 1.43 bits per heavy atom. The Balaban J connectivity index is 2.48. The maximum Gasteiger partial charge on any atom is 0.0620 e. The zero-order valence-corrected chi connectivity index (χ0v) is 11.7. The molecule has 0 aliphatic heterocycles. The smallest absolute Gasteiger partial charge is 0.0620 e. The normalized spacial score (nSPS) is 12.5. The van der Waals surface area contributed by atoms with Gasteiger partial charge in [-0.25, -0.2) is 0 Å². The van der Waals surface area contributed by atoms with Gasteiger partial charge in [0.25, 0.3) is 0 Å². The van der Waals surface area contributed by atoms with E-state index in [1.165, 1.54) is 38.1 Å². The largest absolute Gasteiger partial charge is 0.308 e. The average molecular weight is 269 g/mol. The van der Waals surface area contributed by atoms with E-state index in [4.69, 9.17) is 0 Å². The highest BCUT2D eigenvalue weighted by atomic mass is 14.9. The summed E-state index contributed by atoms with van der Waals surface area (Å²) in [6, 6.07) is 17.0. The van der Waals surface area contributed by atoms with Gasteiger partial charge in [0.15, 0.2) is 0 Å². The summed E-state index contributed by atoms with van der Waals surface area (Å²) in [7, 11) is 0. The molecule has 1 nitrogen and oxygen atoms in total. The number of para-hydroxylation sites is 2. The van der Waals surface area contributed by atoms with Crippen molar-refractivity contribution in [1.29, 1.82) is 0 Å². The topological polar surface area (TPSA) is 4.41 Å². The molecule has 0 N–H and O–H groups in total. The molecular weight excluding hydrogens is 254 g/mol. The van der Waals surface area contributed by atoms with Crippen molar-refractivity contribution in [3.8, 4) is 0 Å². The summed E-state index contributed by atoms with van der Waals surface area (Å²) in [6.07, 6.45) is 5.90. The number of aromatic nitrogens is 1. The van der Waals surface area contributed by atoms with Crippen LogP contribution >= 0.6 is 0 Å². The molecule has 0 saturated heterocycles. The van der Waals surface area contributed by atoms with Crippen LogP contribution in [-0.4, -0.2) is 4.40 Å². The van der Waals surface area contributed by atoms with E-state index < -0.39 is 0 Å². The maximum atomic E-state index is 4.02. The zero-order chi connectivity index (χ0) is 14.4. The predicted molar refractivity (Wildman–Crippen MR) is 92.4 cm³/mol. The lowest BCUT2D eigenvalue weighted by atomic mass is 10.1. The zero-order valence-electron chi connectivity index (χ0n) is 11.7. The molecule has 0 atom stereocenters. The van der Waals surface area contributed by atoms with Crippen molar-refractivity contribution in [2.75, 3.05) is 0 Å². The van der Waals surface area contributed by atoms with Crippen LogP contribution in [0.1, 0.15) is 5.56 Å². The van der Waals surface area contributed by atoms with Gasteiger partial charge in [0.1, 0.15) is 0 Å². The van der Waals surface area contributed by atoms with E-state index in [-0.39, 0.29) is 0 Å². The Kier molecular flexibility index (Phi) is 2.48. The Hall–Kier alpha value is -2.80. The van der Waals surface area contributed by atoms with Gasteiger partial charge in [0.05, 0.1) is 16.6 Å². The van der Waals surface area contributed by atoms with Gasteiger partial charge in [-0.3, -0.25) is 0 Å². The van der Waals surface area contributed by atoms with Crippen molar-refractivity contribution in [3.63, 3.8) is 0 Å². The van der Waals surface area contributed by atoms with Crippen LogP contribution in [0.3, 0.4) is 0 Å². The first-order valence-electron chi connectivity index (χ1n) is 7.05. The van der Waals surface area contributed by atoms with Crippen LogP contribution in [0.5, 0.6) is 0 Å². The van der Waals surface area contributed by atoms with E-state index >= 15 is 0 Å². The van der Waals surface area contributed by atoms with Crippen molar-refractivity contribution in [3.05, 3.63) is 78.5 Å². The Morgan fingerprint density at radius 3 is 2.10 bits per heavy atom. The minimum absolute atomic E-state index is 1.19. The van der Waals surface area contributed by atoms with Gasteiger partial charge in [0.2, 0.25) is 0 Å². The number of fused-ring (bicyclic) bond motifs is 5.